The predicted molar refractivity (Wildman–Crippen MR) is 89.4 cm³/mol. The number of hydrogen-bond donors (Lipinski definition) is 2. The Hall–Kier alpha value is -1.39. The number of benzene rings is 1. The van der Waals surface area contributed by atoms with Crippen molar-refractivity contribution in [2.45, 2.75) is 52.2 Å². The first kappa shape index (κ1) is 17.0. The van der Waals surface area contributed by atoms with Crippen LogP contribution in [-0.2, 0) is 9.53 Å². The zero-order chi connectivity index (χ0) is 16.1. The minimum absolute atomic E-state index is 0.0765. The summed E-state index contributed by atoms with van der Waals surface area (Å²) < 4.78 is 5.71. The minimum atomic E-state index is 0.0765. The van der Waals surface area contributed by atoms with Gasteiger partial charge in [0, 0.05) is 5.69 Å². The van der Waals surface area contributed by atoms with E-state index in [-0.39, 0.29) is 18.1 Å². The molecular formula is C18H29N2O2+. The molecule has 1 aliphatic heterocycles. The zero-order valence-corrected chi connectivity index (χ0v) is 14.2. The third-order valence-corrected chi connectivity index (χ3v) is 4.40. The molecule has 1 unspecified atom stereocenters. The van der Waals surface area contributed by atoms with E-state index in [2.05, 4.69) is 45.1 Å². The van der Waals surface area contributed by atoms with Gasteiger partial charge in [0.25, 0.3) is 5.91 Å². The monoisotopic (exact) mass is 305 g/mol. The van der Waals surface area contributed by atoms with Gasteiger partial charge in [-0.1, -0.05) is 26.0 Å². The van der Waals surface area contributed by atoms with Crippen molar-refractivity contribution in [3.05, 3.63) is 29.8 Å². The third-order valence-electron chi connectivity index (χ3n) is 4.40. The van der Waals surface area contributed by atoms with Gasteiger partial charge in [0.1, 0.15) is 25.3 Å². The second kappa shape index (κ2) is 7.75. The molecule has 1 aromatic carbocycles. The SMILES string of the molecule is CC[C@@H](C)c1ccc(NC(=O)C[NH+]2C[C@@H](C)O[C@@H](C)C2)cc1. The Morgan fingerprint density at radius 2 is 1.86 bits per heavy atom. The molecule has 1 fully saturated rings. The van der Waals surface area contributed by atoms with Crippen LogP contribution >= 0.6 is 0 Å². The van der Waals surface area contributed by atoms with Gasteiger partial charge in [0.2, 0.25) is 0 Å². The number of ether oxygens (including phenoxy) is 1. The lowest BCUT2D eigenvalue weighted by molar-refractivity contribution is -0.907. The summed E-state index contributed by atoms with van der Waals surface area (Å²) >= 11 is 0. The Bertz CT molecular complexity index is 476. The second-order valence-electron chi connectivity index (χ2n) is 6.57. The molecular weight excluding hydrogens is 276 g/mol. The second-order valence-corrected chi connectivity index (χ2v) is 6.57. The number of amides is 1. The van der Waals surface area contributed by atoms with Crippen LogP contribution in [0.5, 0.6) is 0 Å². The summed E-state index contributed by atoms with van der Waals surface area (Å²) in [7, 11) is 0. The highest BCUT2D eigenvalue weighted by Crippen LogP contribution is 2.20. The summed E-state index contributed by atoms with van der Waals surface area (Å²) in [6.45, 7) is 10.8. The Kier molecular flexibility index (Phi) is 5.98. The molecule has 1 saturated heterocycles. The van der Waals surface area contributed by atoms with Crippen LogP contribution in [0.25, 0.3) is 0 Å². The largest absolute Gasteiger partial charge is 0.364 e. The van der Waals surface area contributed by atoms with E-state index in [1.54, 1.807) is 0 Å². The molecule has 0 spiro atoms. The lowest BCUT2D eigenvalue weighted by Crippen LogP contribution is -3.16. The number of hydrogen-bond acceptors (Lipinski definition) is 2. The maximum Gasteiger partial charge on any atom is 0.279 e. The maximum absolute atomic E-state index is 12.2. The van der Waals surface area contributed by atoms with Gasteiger partial charge in [-0.3, -0.25) is 4.79 Å². The molecule has 2 N–H and O–H groups in total. The van der Waals surface area contributed by atoms with Gasteiger partial charge >= 0.3 is 0 Å². The highest BCUT2D eigenvalue weighted by Gasteiger charge is 2.27. The maximum atomic E-state index is 12.2. The minimum Gasteiger partial charge on any atom is -0.364 e. The van der Waals surface area contributed by atoms with Crippen molar-refractivity contribution in [1.29, 1.82) is 0 Å². The molecule has 1 amide bonds. The van der Waals surface area contributed by atoms with Crippen molar-refractivity contribution in [3.63, 3.8) is 0 Å². The molecule has 0 aliphatic carbocycles. The molecule has 122 valence electrons. The van der Waals surface area contributed by atoms with Crippen LogP contribution in [0.4, 0.5) is 5.69 Å². The van der Waals surface area contributed by atoms with Gasteiger partial charge < -0.3 is 15.0 Å². The molecule has 2 rings (SSSR count). The molecule has 1 heterocycles. The van der Waals surface area contributed by atoms with Crippen LogP contribution in [0.15, 0.2) is 24.3 Å². The summed E-state index contributed by atoms with van der Waals surface area (Å²) in [5, 5.41) is 3.00. The van der Waals surface area contributed by atoms with Crippen LogP contribution in [0.2, 0.25) is 0 Å². The van der Waals surface area contributed by atoms with Crippen molar-refractivity contribution in [2.75, 3.05) is 25.0 Å². The fourth-order valence-electron chi connectivity index (χ4n) is 3.10. The first-order valence-electron chi connectivity index (χ1n) is 8.36. The van der Waals surface area contributed by atoms with E-state index < -0.39 is 0 Å². The molecule has 4 atom stereocenters. The smallest absolute Gasteiger partial charge is 0.279 e. The number of quaternary nitrogens is 1. The Morgan fingerprint density at radius 3 is 2.41 bits per heavy atom. The van der Waals surface area contributed by atoms with E-state index in [0.29, 0.717) is 12.5 Å². The van der Waals surface area contributed by atoms with E-state index in [1.165, 1.54) is 10.5 Å². The molecule has 0 saturated carbocycles. The fourth-order valence-corrected chi connectivity index (χ4v) is 3.10. The molecule has 1 aromatic rings. The predicted octanol–water partition coefficient (Wildman–Crippen LogP) is 1.83. The van der Waals surface area contributed by atoms with Crippen molar-refractivity contribution < 1.29 is 14.4 Å². The molecule has 4 nitrogen and oxygen atoms in total. The van der Waals surface area contributed by atoms with Gasteiger partial charge in [-0.05, 0) is 43.9 Å². The number of anilines is 1. The van der Waals surface area contributed by atoms with Crippen LogP contribution in [0.3, 0.4) is 0 Å². The van der Waals surface area contributed by atoms with Crippen LogP contribution in [0.1, 0.15) is 45.6 Å². The van der Waals surface area contributed by atoms with Crippen LogP contribution < -0.4 is 10.2 Å². The summed E-state index contributed by atoms with van der Waals surface area (Å²) in [5.74, 6) is 0.637. The number of carbonyl (C=O) groups is 1. The highest BCUT2D eigenvalue weighted by atomic mass is 16.5. The van der Waals surface area contributed by atoms with Crippen molar-refractivity contribution in [3.8, 4) is 0 Å². The zero-order valence-electron chi connectivity index (χ0n) is 14.2. The van der Waals surface area contributed by atoms with E-state index in [0.717, 1.165) is 25.2 Å². The number of nitrogens with one attached hydrogen (secondary N) is 2. The molecule has 0 bridgehead atoms. The molecule has 0 radical (unpaired) electrons. The normalized spacial score (nSPS) is 26.5. The average molecular weight is 305 g/mol. The van der Waals surface area contributed by atoms with Crippen molar-refractivity contribution in [2.24, 2.45) is 0 Å². The summed E-state index contributed by atoms with van der Waals surface area (Å²) in [4.78, 5) is 13.5. The van der Waals surface area contributed by atoms with Crippen LogP contribution in [-0.4, -0.2) is 37.7 Å². The standard InChI is InChI=1S/C18H28N2O2/c1-5-13(2)16-6-8-17(9-7-16)19-18(21)12-20-10-14(3)22-15(4)11-20/h6-9,13-15H,5,10-12H2,1-4H3,(H,19,21)/p+1/t13-,14-,15+/m1/s1. The summed E-state index contributed by atoms with van der Waals surface area (Å²) in [5.41, 5.74) is 2.20. The third kappa shape index (κ3) is 4.82. The molecule has 1 aliphatic rings. The van der Waals surface area contributed by atoms with E-state index in [4.69, 9.17) is 4.74 Å². The number of morpholine rings is 1. The van der Waals surface area contributed by atoms with Crippen molar-refractivity contribution in [1.82, 2.24) is 0 Å². The number of carbonyl (C=O) groups excluding carboxylic acids is 1. The van der Waals surface area contributed by atoms with E-state index in [9.17, 15) is 4.79 Å². The average Bonchev–Trinajstić information content (AvgIpc) is 2.46. The lowest BCUT2D eigenvalue weighted by atomic mass is 9.99. The molecule has 0 aromatic heterocycles. The summed E-state index contributed by atoms with van der Waals surface area (Å²) in [6, 6.07) is 8.21. The van der Waals surface area contributed by atoms with Gasteiger partial charge in [-0.2, -0.15) is 0 Å². The molecule has 22 heavy (non-hydrogen) atoms. The molecule has 4 heteroatoms. The summed E-state index contributed by atoms with van der Waals surface area (Å²) in [6.07, 6.45) is 1.57. The Balaban J connectivity index is 1.86. The van der Waals surface area contributed by atoms with Gasteiger partial charge in [0.15, 0.2) is 6.54 Å². The van der Waals surface area contributed by atoms with Gasteiger partial charge in [-0.25, -0.2) is 0 Å². The van der Waals surface area contributed by atoms with E-state index >= 15 is 0 Å². The quantitative estimate of drug-likeness (QED) is 0.871. The highest BCUT2D eigenvalue weighted by molar-refractivity contribution is 5.91. The lowest BCUT2D eigenvalue weighted by Gasteiger charge is -2.31. The first-order chi connectivity index (χ1) is 10.5. The first-order valence-corrected chi connectivity index (χ1v) is 8.36. The van der Waals surface area contributed by atoms with Gasteiger partial charge in [0.05, 0.1) is 0 Å². The topological polar surface area (TPSA) is 42.8 Å². The Morgan fingerprint density at radius 1 is 1.27 bits per heavy atom. The van der Waals surface area contributed by atoms with Gasteiger partial charge in [-0.15, -0.1) is 0 Å². The van der Waals surface area contributed by atoms with Crippen molar-refractivity contribution >= 4 is 11.6 Å². The number of rotatable bonds is 5. The van der Waals surface area contributed by atoms with E-state index in [1.807, 2.05) is 12.1 Å². The Labute approximate surface area is 133 Å². The fraction of sp³-hybridized carbons (Fsp3) is 0.611. The van der Waals surface area contributed by atoms with Crippen LogP contribution in [0, 0.1) is 0 Å².